The van der Waals surface area contributed by atoms with Crippen molar-refractivity contribution in [1.29, 1.82) is 0 Å². The summed E-state index contributed by atoms with van der Waals surface area (Å²) in [5.74, 6) is -2.73. The number of amides is 1. The Kier molecular flexibility index (Phi) is 5.64. The summed E-state index contributed by atoms with van der Waals surface area (Å²) in [5, 5.41) is 11.8. The summed E-state index contributed by atoms with van der Waals surface area (Å²) in [4.78, 5) is 28.0. The maximum absolute atomic E-state index is 13.4. The summed E-state index contributed by atoms with van der Waals surface area (Å²) in [6.45, 7) is 0.0475. The molecule has 1 aromatic carbocycles. The van der Waals surface area contributed by atoms with Gasteiger partial charge in [-0.25, -0.2) is 4.39 Å². The standard InChI is InChI=1S/C15H15FN2O4S/c1-22-15(21)10(4-9-2-3-12(19)11(16)5-9)6-18-14(20)13-7-17-8-23-13/h2-3,5,7-8,10,19H,4,6H2,1H3,(H,18,20)/t10-/m0/s1. The molecule has 0 radical (unpaired) electrons. The number of carbonyl (C=O) groups excluding carboxylic acids is 2. The maximum atomic E-state index is 13.4. The van der Waals surface area contributed by atoms with Gasteiger partial charge in [-0.15, -0.1) is 11.3 Å². The number of halogens is 1. The Hall–Kier alpha value is -2.48. The van der Waals surface area contributed by atoms with Gasteiger partial charge in [-0.1, -0.05) is 6.07 Å². The van der Waals surface area contributed by atoms with Crippen LogP contribution >= 0.6 is 11.3 Å². The van der Waals surface area contributed by atoms with Crippen LogP contribution in [0.2, 0.25) is 0 Å². The molecule has 0 fully saturated rings. The Morgan fingerprint density at radius 3 is 2.87 bits per heavy atom. The molecular weight excluding hydrogens is 323 g/mol. The van der Waals surface area contributed by atoms with Crippen LogP contribution in [0.4, 0.5) is 4.39 Å². The van der Waals surface area contributed by atoms with Gasteiger partial charge >= 0.3 is 5.97 Å². The topological polar surface area (TPSA) is 88.5 Å². The fourth-order valence-electron chi connectivity index (χ4n) is 2.00. The van der Waals surface area contributed by atoms with E-state index in [1.54, 1.807) is 0 Å². The van der Waals surface area contributed by atoms with Crippen molar-refractivity contribution in [2.45, 2.75) is 6.42 Å². The second-order valence-corrected chi connectivity index (χ2v) is 5.67. The van der Waals surface area contributed by atoms with E-state index in [9.17, 15) is 19.1 Å². The van der Waals surface area contributed by atoms with E-state index in [0.29, 0.717) is 10.4 Å². The lowest BCUT2D eigenvalue weighted by atomic mass is 9.99. The van der Waals surface area contributed by atoms with Gasteiger partial charge in [0.1, 0.15) is 4.88 Å². The van der Waals surface area contributed by atoms with Crippen LogP contribution in [-0.4, -0.2) is 35.6 Å². The fourth-order valence-corrected chi connectivity index (χ4v) is 2.53. The molecule has 1 heterocycles. The van der Waals surface area contributed by atoms with Crippen LogP contribution in [0.3, 0.4) is 0 Å². The smallest absolute Gasteiger partial charge is 0.310 e. The van der Waals surface area contributed by atoms with E-state index in [4.69, 9.17) is 4.74 Å². The predicted molar refractivity (Wildman–Crippen MR) is 81.7 cm³/mol. The molecule has 0 aliphatic carbocycles. The fraction of sp³-hybridized carbons (Fsp3) is 0.267. The highest BCUT2D eigenvalue weighted by molar-refractivity contribution is 7.11. The zero-order valence-electron chi connectivity index (χ0n) is 12.3. The Balaban J connectivity index is 2.03. The zero-order valence-corrected chi connectivity index (χ0v) is 13.1. The molecule has 0 bridgehead atoms. The maximum Gasteiger partial charge on any atom is 0.310 e. The molecule has 0 spiro atoms. The van der Waals surface area contributed by atoms with Crippen LogP contribution in [0.25, 0.3) is 0 Å². The summed E-state index contributed by atoms with van der Waals surface area (Å²) < 4.78 is 18.1. The average Bonchev–Trinajstić information content (AvgIpc) is 3.08. The largest absolute Gasteiger partial charge is 0.505 e. The Bertz CT molecular complexity index is 691. The first-order valence-electron chi connectivity index (χ1n) is 6.73. The minimum absolute atomic E-state index is 0.0475. The number of nitrogens with one attached hydrogen (secondary N) is 1. The van der Waals surface area contributed by atoms with Gasteiger partial charge in [0.05, 0.1) is 24.7 Å². The number of rotatable bonds is 6. The van der Waals surface area contributed by atoms with E-state index in [1.165, 1.54) is 42.3 Å². The van der Waals surface area contributed by atoms with Gasteiger partial charge in [0, 0.05) is 6.54 Å². The number of aromatic hydroxyl groups is 1. The molecule has 1 atom stereocenters. The Labute approximate surface area is 135 Å². The molecule has 1 amide bonds. The summed E-state index contributed by atoms with van der Waals surface area (Å²) in [7, 11) is 1.25. The first kappa shape index (κ1) is 16.9. The van der Waals surface area contributed by atoms with Gasteiger partial charge in [0.15, 0.2) is 11.6 Å². The predicted octanol–water partition coefficient (Wildman–Crippen LogP) is 1.75. The van der Waals surface area contributed by atoms with Crippen LogP contribution in [0.1, 0.15) is 15.2 Å². The van der Waals surface area contributed by atoms with Crippen molar-refractivity contribution < 1.29 is 23.8 Å². The third kappa shape index (κ3) is 4.49. The molecule has 2 rings (SSSR count). The van der Waals surface area contributed by atoms with E-state index in [2.05, 4.69) is 10.3 Å². The number of hydrogen-bond acceptors (Lipinski definition) is 6. The van der Waals surface area contributed by atoms with Gasteiger partial charge < -0.3 is 15.2 Å². The molecule has 0 aliphatic heterocycles. The number of nitrogens with zero attached hydrogens (tertiary/aromatic N) is 1. The van der Waals surface area contributed by atoms with Gasteiger partial charge in [0.25, 0.3) is 5.91 Å². The third-order valence-electron chi connectivity index (χ3n) is 3.19. The minimum atomic E-state index is -0.764. The van der Waals surface area contributed by atoms with Crippen LogP contribution in [-0.2, 0) is 16.0 Å². The van der Waals surface area contributed by atoms with Gasteiger partial charge in [-0.05, 0) is 24.1 Å². The van der Waals surface area contributed by atoms with Crippen molar-refractivity contribution in [3.05, 3.63) is 46.2 Å². The van der Waals surface area contributed by atoms with Gasteiger partial charge in [-0.2, -0.15) is 0 Å². The summed E-state index contributed by atoms with van der Waals surface area (Å²) in [6, 6.07) is 3.88. The normalized spacial score (nSPS) is 11.7. The second kappa shape index (κ2) is 7.68. The lowest BCUT2D eigenvalue weighted by Gasteiger charge is -2.15. The van der Waals surface area contributed by atoms with Crippen LogP contribution in [0, 0.1) is 11.7 Å². The number of carbonyl (C=O) groups is 2. The number of esters is 1. The van der Waals surface area contributed by atoms with E-state index in [0.717, 1.165) is 6.07 Å². The molecule has 122 valence electrons. The highest BCUT2D eigenvalue weighted by Crippen LogP contribution is 2.19. The highest BCUT2D eigenvalue weighted by atomic mass is 32.1. The van der Waals surface area contributed by atoms with Crippen molar-refractivity contribution in [2.75, 3.05) is 13.7 Å². The number of phenols is 1. The van der Waals surface area contributed by atoms with Crippen LogP contribution < -0.4 is 5.32 Å². The lowest BCUT2D eigenvalue weighted by molar-refractivity contribution is -0.145. The molecule has 6 nitrogen and oxygen atoms in total. The third-order valence-corrected chi connectivity index (χ3v) is 3.97. The Morgan fingerprint density at radius 2 is 2.26 bits per heavy atom. The summed E-state index contributed by atoms with van der Waals surface area (Å²) >= 11 is 1.19. The molecule has 8 heteroatoms. The summed E-state index contributed by atoms with van der Waals surface area (Å²) in [6.07, 6.45) is 1.61. The number of benzene rings is 1. The van der Waals surface area contributed by atoms with E-state index in [-0.39, 0.29) is 18.9 Å². The first-order chi connectivity index (χ1) is 11.0. The molecule has 0 aliphatic rings. The van der Waals surface area contributed by atoms with Crippen molar-refractivity contribution in [2.24, 2.45) is 5.92 Å². The molecular formula is C15H15FN2O4S. The van der Waals surface area contributed by atoms with Crippen molar-refractivity contribution in [1.82, 2.24) is 10.3 Å². The van der Waals surface area contributed by atoms with Crippen molar-refractivity contribution >= 4 is 23.2 Å². The van der Waals surface area contributed by atoms with Crippen LogP contribution in [0.15, 0.2) is 29.9 Å². The first-order valence-corrected chi connectivity index (χ1v) is 7.61. The molecule has 23 heavy (non-hydrogen) atoms. The number of phenolic OH excluding ortho intramolecular Hbond substituents is 1. The molecule has 0 saturated carbocycles. The zero-order chi connectivity index (χ0) is 16.8. The average molecular weight is 338 g/mol. The molecule has 1 aromatic heterocycles. The number of ether oxygens (including phenoxy) is 1. The number of hydrogen-bond donors (Lipinski definition) is 2. The molecule has 0 saturated heterocycles. The molecule has 2 aromatic rings. The molecule has 2 N–H and O–H groups in total. The minimum Gasteiger partial charge on any atom is -0.505 e. The highest BCUT2D eigenvalue weighted by Gasteiger charge is 2.21. The van der Waals surface area contributed by atoms with E-state index >= 15 is 0 Å². The summed E-state index contributed by atoms with van der Waals surface area (Å²) in [5.41, 5.74) is 2.05. The quantitative estimate of drug-likeness (QED) is 0.784. The number of aromatic nitrogens is 1. The van der Waals surface area contributed by atoms with Gasteiger partial charge in [0.2, 0.25) is 0 Å². The number of thiazole rings is 1. The number of methoxy groups -OCH3 is 1. The second-order valence-electron chi connectivity index (χ2n) is 4.79. The molecule has 0 unspecified atom stereocenters. The SMILES string of the molecule is COC(=O)[C@H](CNC(=O)c1cncs1)Cc1ccc(O)c(F)c1. The van der Waals surface area contributed by atoms with E-state index in [1.807, 2.05) is 0 Å². The van der Waals surface area contributed by atoms with Gasteiger partial charge in [-0.3, -0.25) is 14.6 Å². The lowest BCUT2D eigenvalue weighted by Crippen LogP contribution is -2.34. The van der Waals surface area contributed by atoms with E-state index < -0.39 is 23.5 Å². The van der Waals surface area contributed by atoms with Crippen molar-refractivity contribution in [3.63, 3.8) is 0 Å². The Morgan fingerprint density at radius 1 is 1.48 bits per heavy atom. The monoisotopic (exact) mass is 338 g/mol. The van der Waals surface area contributed by atoms with Crippen LogP contribution in [0.5, 0.6) is 5.75 Å². The van der Waals surface area contributed by atoms with Crippen molar-refractivity contribution in [3.8, 4) is 5.75 Å².